The Kier molecular flexibility index (Phi) is 10.1. The lowest BCUT2D eigenvalue weighted by atomic mass is 9.77. The summed E-state index contributed by atoms with van der Waals surface area (Å²) in [6.45, 7) is 4.08. The van der Waals surface area contributed by atoms with E-state index in [1.807, 2.05) is 84.9 Å². The topological polar surface area (TPSA) is 108 Å². The van der Waals surface area contributed by atoms with Crippen molar-refractivity contribution in [3.05, 3.63) is 186 Å². The zero-order chi connectivity index (χ0) is 37.6. The van der Waals surface area contributed by atoms with E-state index >= 15 is 0 Å². The van der Waals surface area contributed by atoms with E-state index < -0.39 is 5.54 Å². The van der Waals surface area contributed by atoms with Gasteiger partial charge in [0.2, 0.25) is 11.7 Å². The fourth-order valence-electron chi connectivity index (χ4n) is 6.93. The van der Waals surface area contributed by atoms with Crippen molar-refractivity contribution in [1.82, 2.24) is 30.2 Å². The number of aryl methyl sites for hydroxylation is 1. The molecule has 0 aliphatic carbocycles. The van der Waals surface area contributed by atoms with Crippen LogP contribution in [-0.4, -0.2) is 48.0 Å². The molecule has 9 nitrogen and oxygen atoms in total. The minimum Gasteiger partial charge on any atom is -0.486 e. The molecular weight excluding hydrogens is 685 g/mol. The maximum atomic E-state index is 9.46. The predicted molar refractivity (Wildman–Crippen MR) is 214 cm³/mol. The van der Waals surface area contributed by atoms with Crippen LogP contribution < -0.4 is 9.47 Å². The van der Waals surface area contributed by atoms with Crippen molar-refractivity contribution in [1.29, 1.82) is 0 Å². The molecule has 0 aliphatic heterocycles. The van der Waals surface area contributed by atoms with E-state index in [1.54, 1.807) is 17.8 Å². The lowest BCUT2D eigenvalue weighted by molar-refractivity contribution is 0.125. The average Bonchev–Trinajstić information content (AvgIpc) is 3.75. The van der Waals surface area contributed by atoms with Crippen LogP contribution in [0.15, 0.2) is 158 Å². The second-order valence-electron chi connectivity index (χ2n) is 13.3. The number of fused-ring (bicyclic) bond motifs is 1. The standard InChI is InChI=1S/C46H40N6O3/c1-3-38-29-42(44-41(47-38)27-28-43(48-44)55-32(2)30-53)54-31-33-23-25-34(26-24-33)39-21-13-14-22-40(39)45-49-51-52(50-45)46(35-15-7-4-8-16-35,36-17-9-5-10-18-36)37-19-11-6-12-20-37/h4-29,32,53H,3,30-31H2,1-2H3. The van der Waals surface area contributed by atoms with Crippen molar-refractivity contribution in [3.8, 4) is 34.1 Å². The molecule has 0 bridgehead atoms. The molecule has 1 unspecified atom stereocenters. The molecule has 9 heteroatoms. The van der Waals surface area contributed by atoms with Gasteiger partial charge in [-0.3, -0.25) is 4.98 Å². The highest BCUT2D eigenvalue weighted by molar-refractivity contribution is 5.82. The summed E-state index contributed by atoms with van der Waals surface area (Å²) in [4.78, 5) is 11.2. The van der Waals surface area contributed by atoms with Crippen LogP contribution in [0.25, 0.3) is 33.5 Å². The third-order valence-electron chi connectivity index (χ3n) is 9.70. The highest BCUT2D eigenvalue weighted by atomic mass is 16.5. The number of nitrogens with zero attached hydrogens (tertiary/aromatic N) is 6. The lowest BCUT2D eigenvalue weighted by Crippen LogP contribution is -2.39. The van der Waals surface area contributed by atoms with Gasteiger partial charge in [0.05, 0.1) is 12.1 Å². The minimum absolute atomic E-state index is 0.106. The van der Waals surface area contributed by atoms with Gasteiger partial charge in [-0.05, 0) is 58.0 Å². The van der Waals surface area contributed by atoms with Crippen molar-refractivity contribution in [2.24, 2.45) is 0 Å². The number of hydrogen-bond acceptors (Lipinski definition) is 8. The quantitative estimate of drug-likeness (QED) is 0.118. The first-order valence-electron chi connectivity index (χ1n) is 18.4. The van der Waals surface area contributed by atoms with Gasteiger partial charge in [0, 0.05) is 23.4 Å². The Balaban J connectivity index is 1.11. The first kappa shape index (κ1) is 35.3. The summed E-state index contributed by atoms with van der Waals surface area (Å²) in [6, 6.07) is 53.0. The van der Waals surface area contributed by atoms with Gasteiger partial charge in [0.15, 0.2) is 5.54 Å². The molecule has 0 amide bonds. The summed E-state index contributed by atoms with van der Waals surface area (Å²) in [6.07, 6.45) is 0.379. The number of aromatic nitrogens is 6. The van der Waals surface area contributed by atoms with E-state index in [-0.39, 0.29) is 12.7 Å². The molecule has 1 atom stereocenters. The fourth-order valence-corrected chi connectivity index (χ4v) is 6.93. The molecule has 0 saturated carbocycles. The SMILES string of the molecule is CCc1cc(OCc2ccc(-c3ccccc3-c3nnn(C(c4ccccc4)(c4ccccc4)c4ccccc4)n3)cc2)c2nc(OC(C)CO)ccc2n1. The monoisotopic (exact) mass is 724 g/mol. The van der Waals surface area contributed by atoms with E-state index in [0.29, 0.717) is 29.6 Å². The molecular formula is C46H40N6O3. The molecule has 0 spiro atoms. The van der Waals surface area contributed by atoms with Crippen LogP contribution in [0.3, 0.4) is 0 Å². The summed E-state index contributed by atoms with van der Waals surface area (Å²) >= 11 is 0. The number of tetrazole rings is 1. The summed E-state index contributed by atoms with van der Waals surface area (Å²) < 4.78 is 12.1. The van der Waals surface area contributed by atoms with Gasteiger partial charge in [0.25, 0.3) is 0 Å². The zero-order valence-electron chi connectivity index (χ0n) is 30.7. The Morgan fingerprint density at radius 2 is 1.29 bits per heavy atom. The summed E-state index contributed by atoms with van der Waals surface area (Å²) in [5.41, 5.74) is 8.31. The number of pyridine rings is 2. The number of rotatable bonds is 13. The molecule has 0 aliphatic rings. The second kappa shape index (κ2) is 15.7. The van der Waals surface area contributed by atoms with Crippen LogP contribution in [0, 0.1) is 0 Å². The maximum absolute atomic E-state index is 9.46. The lowest BCUT2D eigenvalue weighted by Gasteiger charge is -2.34. The van der Waals surface area contributed by atoms with E-state index in [9.17, 15) is 5.11 Å². The number of ether oxygens (including phenoxy) is 2. The molecule has 8 rings (SSSR count). The largest absolute Gasteiger partial charge is 0.486 e. The van der Waals surface area contributed by atoms with E-state index in [2.05, 4.69) is 78.6 Å². The van der Waals surface area contributed by atoms with Crippen LogP contribution in [0.1, 0.15) is 41.8 Å². The van der Waals surface area contributed by atoms with Crippen molar-refractivity contribution in [2.45, 2.75) is 38.5 Å². The Bertz CT molecular complexity index is 2410. The van der Waals surface area contributed by atoms with E-state index in [1.165, 1.54) is 0 Å². The molecule has 272 valence electrons. The van der Waals surface area contributed by atoms with Crippen molar-refractivity contribution in [3.63, 3.8) is 0 Å². The Morgan fingerprint density at radius 1 is 0.691 bits per heavy atom. The van der Waals surface area contributed by atoms with Gasteiger partial charge in [-0.15, -0.1) is 15.0 Å². The van der Waals surface area contributed by atoms with Crippen molar-refractivity contribution in [2.75, 3.05) is 6.61 Å². The normalized spacial score (nSPS) is 12.1. The molecule has 55 heavy (non-hydrogen) atoms. The molecule has 5 aromatic carbocycles. The molecule has 8 aromatic rings. The second-order valence-corrected chi connectivity index (χ2v) is 13.3. The Morgan fingerprint density at radius 3 is 1.89 bits per heavy atom. The van der Waals surface area contributed by atoms with E-state index in [4.69, 9.17) is 29.9 Å². The van der Waals surface area contributed by atoms with Gasteiger partial charge in [-0.1, -0.05) is 146 Å². The van der Waals surface area contributed by atoms with Crippen molar-refractivity contribution >= 4 is 11.0 Å². The van der Waals surface area contributed by atoms with Gasteiger partial charge in [-0.25, -0.2) is 4.98 Å². The van der Waals surface area contributed by atoms with Gasteiger partial charge in [-0.2, -0.15) is 0 Å². The number of aliphatic hydroxyl groups is 1. The summed E-state index contributed by atoms with van der Waals surface area (Å²) in [7, 11) is 0. The summed E-state index contributed by atoms with van der Waals surface area (Å²) in [5, 5.41) is 24.1. The first-order valence-corrected chi connectivity index (χ1v) is 18.4. The molecule has 3 aromatic heterocycles. The van der Waals surface area contributed by atoms with Gasteiger partial charge in [0.1, 0.15) is 24.0 Å². The third-order valence-corrected chi connectivity index (χ3v) is 9.70. The molecule has 0 saturated heterocycles. The summed E-state index contributed by atoms with van der Waals surface area (Å²) in [5.74, 6) is 1.56. The number of hydrogen-bond donors (Lipinski definition) is 1. The highest BCUT2D eigenvalue weighted by Crippen LogP contribution is 2.40. The molecule has 1 N–H and O–H groups in total. The zero-order valence-corrected chi connectivity index (χ0v) is 30.7. The third kappa shape index (κ3) is 7.05. The van der Waals surface area contributed by atoms with Crippen LogP contribution in [0.5, 0.6) is 11.6 Å². The van der Waals surface area contributed by atoms with E-state index in [0.717, 1.165) is 56.6 Å². The van der Waals surface area contributed by atoms with Crippen LogP contribution >= 0.6 is 0 Å². The molecule has 0 radical (unpaired) electrons. The van der Waals surface area contributed by atoms with Gasteiger partial charge < -0.3 is 14.6 Å². The number of aliphatic hydroxyl groups excluding tert-OH is 1. The van der Waals surface area contributed by atoms with Crippen molar-refractivity contribution < 1.29 is 14.6 Å². The average molecular weight is 725 g/mol. The van der Waals surface area contributed by atoms with Gasteiger partial charge >= 0.3 is 0 Å². The molecule has 3 heterocycles. The Labute approximate surface area is 319 Å². The van der Waals surface area contributed by atoms with Crippen LogP contribution in [-0.2, 0) is 18.6 Å². The Hall–Kier alpha value is -6.71. The first-order chi connectivity index (χ1) is 27.1. The number of benzene rings is 5. The molecule has 0 fully saturated rings. The minimum atomic E-state index is -0.869. The highest BCUT2D eigenvalue weighted by Gasteiger charge is 2.41. The predicted octanol–water partition coefficient (Wildman–Crippen LogP) is 8.69. The van der Waals surface area contributed by atoms with Crippen LogP contribution in [0.2, 0.25) is 0 Å². The smallest absolute Gasteiger partial charge is 0.214 e. The fraction of sp³-hybridized carbons (Fsp3) is 0.152. The van der Waals surface area contributed by atoms with Crippen LogP contribution in [0.4, 0.5) is 0 Å². The maximum Gasteiger partial charge on any atom is 0.214 e.